The third-order valence-corrected chi connectivity index (χ3v) is 6.61. The zero-order chi connectivity index (χ0) is 21.4. The van der Waals surface area contributed by atoms with E-state index in [1.165, 1.54) is 102 Å². The third kappa shape index (κ3) is 13.8. The molecule has 0 atom stereocenters. The second-order valence-electron chi connectivity index (χ2n) is 8.53. The summed E-state index contributed by atoms with van der Waals surface area (Å²) in [6, 6.07) is 7.10. The van der Waals surface area contributed by atoms with E-state index in [9.17, 15) is 13.0 Å². The molecule has 0 unspecified atom stereocenters. The second kappa shape index (κ2) is 15.9. The molecule has 0 spiro atoms. The Hall–Kier alpha value is -0.910. The lowest BCUT2D eigenvalue weighted by Crippen LogP contribution is -2.61. The average Bonchev–Trinajstić information content (AvgIpc) is 2.70. The summed E-state index contributed by atoms with van der Waals surface area (Å²) < 4.78 is 32.5. The second-order valence-corrected chi connectivity index (χ2v) is 9.91. The van der Waals surface area contributed by atoms with E-state index in [1.807, 2.05) is 0 Å². The van der Waals surface area contributed by atoms with Crippen LogP contribution in [-0.4, -0.2) is 19.0 Å². The molecule has 1 fully saturated rings. The van der Waals surface area contributed by atoms with E-state index < -0.39 is 10.1 Å². The fraction of sp³-hybridized carbons (Fsp3) is 0.750. The molecule has 5 heteroatoms. The van der Waals surface area contributed by atoms with Gasteiger partial charge in [-0.2, -0.15) is 0 Å². The van der Waals surface area contributed by atoms with Crippen molar-refractivity contribution >= 4 is 10.1 Å². The molecule has 1 aliphatic rings. The standard InChI is InChI=1S/C18H30O3S.C6H13N/c1-2-3-4-5-6-7-8-9-10-11-12-17-13-15-18(16-14-17)22(19,20)21;7-6-4-2-1-3-5-6/h13-16H,2-12H2,1H3,(H,19,20,21);6H,1-5,7H2. The minimum Gasteiger partial charge on any atom is -0.744 e. The van der Waals surface area contributed by atoms with Gasteiger partial charge in [0.25, 0.3) is 0 Å². The van der Waals surface area contributed by atoms with E-state index in [0.717, 1.165) is 24.4 Å². The van der Waals surface area contributed by atoms with Crippen LogP contribution >= 0.6 is 0 Å². The summed E-state index contributed by atoms with van der Waals surface area (Å²) in [7, 11) is -4.31. The maximum absolute atomic E-state index is 10.8. The van der Waals surface area contributed by atoms with Crippen LogP contribution in [0.4, 0.5) is 0 Å². The first-order valence-electron chi connectivity index (χ1n) is 11.8. The van der Waals surface area contributed by atoms with Crippen LogP contribution in [-0.2, 0) is 16.5 Å². The van der Waals surface area contributed by atoms with Crippen molar-refractivity contribution < 1.29 is 18.7 Å². The lowest BCUT2D eigenvalue weighted by atomic mass is 9.97. The normalized spacial score (nSPS) is 15.0. The molecule has 0 heterocycles. The van der Waals surface area contributed by atoms with Gasteiger partial charge in [0.2, 0.25) is 0 Å². The number of quaternary nitrogens is 1. The SMILES string of the molecule is CCCCCCCCCCCCc1ccc(S(=O)(=O)[O-])cc1.[NH3+]C1CCCCC1. The minimum absolute atomic E-state index is 0.140. The maximum Gasteiger partial charge on any atom is 0.124 e. The molecule has 0 amide bonds. The number of benzene rings is 1. The van der Waals surface area contributed by atoms with E-state index in [2.05, 4.69) is 12.7 Å². The van der Waals surface area contributed by atoms with Gasteiger partial charge in [0.05, 0.1) is 10.9 Å². The molecule has 0 saturated heterocycles. The highest BCUT2D eigenvalue weighted by Crippen LogP contribution is 2.15. The molecule has 1 aliphatic carbocycles. The molecular weight excluding hydrogens is 382 g/mol. The van der Waals surface area contributed by atoms with Gasteiger partial charge in [-0.1, -0.05) is 83.3 Å². The number of rotatable bonds is 12. The van der Waals surface area contributed by atoms with E-state index >= 15 is 0 Å². The molecule has 3 N–H and O–H groups in total. The predicted molar refractivity (Wildman–Crippen MR) is 120 cm³/mol. The van der Waals surface area contributed by atoms with Gasteiger partial charge in [0, 0.05) is 0 Å². The topological polar surface area (TPSA) is 84.8 Å². The number of hydrogen-bond donors (Lipinski definition) is 1. The summed E-state index contributed by atoms with van der Waals surface area (Å²) in [5.74, 6) is 0. The van der Waals surface area contributed by atoms with Gasteiger partial charge in [-0.25, -0.2) is 8.42 Å². The largest absolute Gasteiger partial charge is 0.744 e. The fourth-order valence-electron chi connectivity index (χ4n) is 3.83. The maximum atomic E-state index is 10.8. The summed E-state index contributed by atoms with van der Waals surface area (Å²) in [5, 5.41) is 0. The van der Waals surface area contributed by atoms with E-state index in [4.69, 9.17) is 0 Å². The number of hydrogen-bond acceptors (Lipinski definition) is 3. The lowest BCUT2D eigenvalue weighted by Gasteiger charge is -2.12. The van der Waals surface area contributed by atoms with Crippen LogP contribution in [0.25, 0.3) is 0 Å². The summed E-state index contributed by atoms with van der Waals surface area (Å²) >= 11 is 0. The molecule has 168 valence electrons. The first kappa shape index (κ1) is 26.1. The lowest BCUT2D eigenvalue weighted by molar-refractivity contribution is -0.425. The fourth-order valence-corrected chi connectivity index (χ4v) is 4.30. The van der Waals surface area contributed by atoms with Gasteiger partial charge < -0.3 is 10.3 Å². The number of unbranched alkanes of at least 4 members (excludes halogenated alkanes) is 9. The molecule has 0 bridgehead atoms. The Morgan fingerprint density at radius 1 is 0.828 bits per heavy atom. The monoisotopic (exact) mass is 425 g/mol. The molecule has 1 saturated carbocycles. The van der Waals surface area contributed by atoms with Crippen molar-refractivity contribution in [1.82, 2.24) is 0 Å². The van der Waals surface area contributed by atoms with Crippen molar-refractivity contribution in [3.63, 3.8) is 0 Å². The van der Waals surface area contributed by atoms with Crippen LogP contribution in [0, 0.1) is 0 Å². The van der Waals surface area contributed by atoms with Crippen LogP contribution in [0.2, 0.25) is 0 Å². The van der Waals surface area contributed by atoms with Crippen LogP contribution in [0.15, 0.2) is 29.2 Å². The van der Waals surface area contributed by atoms with Gasteiger partial charge in [-0.3, -0.25) is 0 Å². The summed E-state index contributed by atoms with van der Waals surface area (Å²) in [4.78, 5) is -0.140. The van der Waals surface area contributed by atoms with E-state index in [0.29, 0.717) is 0 Å². The Morgan fingerprint density at radius 3 is 1.72 bits per heavy atom. The summed E-state index contributed by atoms with van der Waals surface area (Å²) in [5.41, 5.74) is 5.10. The Kier molecular flexibility index (Phi) is 14.3. The highest BCUT2D eigenvalue weighted by atomic mass is 32.2. The molecule has 2 rings (SSSR count). The van der Waals surface area contributed by atoms with E-state index in [1.54, 1.807) is 12.1 Å². The van der Waals surface area contributed by atoms with Gasteiger partial charge >= 0.3 is 0 Å². The molecule has 0 aromatic heterocycles. The molecule has 0 aliphatic heterocycles. The molecule has 1 aromatic rings. The molecular formula is C24H43NO3S. The zero-order valence-corrected chi connectivity index (χ0v) is 19.4. The predicted octanol–water partition coefficient (Wildman–Crippen LogP) is 5.62. The Morgan fingerprint density at radius 2 is 1.31 bits per heavy atom. The Bertz CT molecular complexity index is 608. The van der Waals surface area contributed by atoms with Crippen LogP contribution in [0.3, 0.4) is 0 Å². The van der Waals surface area contributed by atoms with Gasteiger partial charge in [0.1, 0.15) is 10.1 Å². The first-order valence-corrected chi connectivity index (χ1v) is 13.2. The summed E-state index contributed by atoms with van der Waals surface area (Å²) in [6.45, 7) is 2.24. The molecule has 0 radical (unpaired) electrons. The third-order valence-electron chi connectivity index (χ3n) is 5.76. The van der Waals surface area contributed by atoms with Crippen LogP contribution < -0.4 is 5.73 Å². The van der Waals surface area contributed by atoms with Crippen molar-refractivity contribution in [1.29, 1.82) is 0 Å². The average molecular weight is 426 g/mol. The van der Waals surface area contributed by atoms with Gasteiger partial charge in [-0.15, -0.1) is 0 Å². The van der Waals surface area contributed by atoms with Crippen LogP contribution in [0.5, 0.6) is 0 Å². The number of aryl methyl sites for hydroxylation is 1. The Labute approximate surface area is 179 Å². The van der Waals surface area contributed by atoms with Crippen molar-refractivity contribution in [2.45, 2.75) is 121 Å². The molecule has 1 aromatic carbocycles. The van der Waals surface area contributed by atoms with Crippen molar-refractivity contribution in [3.8, 4) is 0 Å². The Balaban J connectivity index is 0.000000502. The first-order chi connectivity index (χ1) is 13.9. The van der Waals surface area contributed by atoms with Gasteiger partial charge in [0.15, 0.2) is 0 Å². The van der Waals surface area contributed by atoms with Crippen LogP contribution in [0.1, 0.15) is 109 Å². The van der Waals surface area contributed by atoms with Crippen molar-refractivity contribution in [2.75, 3.05) is 0 Å². The molecule has 29 heavy (non-hydrogen) atoms. The smallest absolute Gasteiger partial charge is 0.124 e. The quantitative estimate of drug-likeness (QED) is 0.348. The molecule has 4 nitrogen and oxygen atoms in total. The minimum atomic E-state index is -4.31. The van der Waals surface area contributed by atoms with Crippen molar-refractivity contribution in [2.24, 2.45) is 0 Å². The van der Waals surface area contributed by atoms with Crippen molar-refractivity contribution in [3.05, 3.63) is 29.8 Å². The highest BCUT2D eigenvalue weighted by Gasteiger charge is 2.09. The van der Waals surface area contributed by atoms with E-state index in [-0.39, 0.29) is 4.90 Å². The zero-order valence-electron chi connectivity index (χ0n) is 18.5. The van der Waals surface area contributed by atoms with Gasteiger partial charge in [-0.05, 0) is 56.2 Å². The summed E-state index contributed by atoms with van der Waals surface area (Å²) in [6.07, 6.45) is 21.1. The highest BCUT2D eigenvalue weighted by molar-refractivity contribution is 7.85.